The van der Waals surface area contributed by atoms with Crippen LogP contribution >= 0.6 is 0 Å². The number of amides is 4. The van der Waals surface area contributed by atoms with Crippen molar-refractivity contribution in [2.45, 2.75) is 104 Å². The van der Waals surface area contributed by atoms with E-state index < -0.39 is 17.7 Å². The van der Waals surface area contributed by atoms with Crippen LogP contribution in [0.4, 0.5) is 9.59 Å². The molecule has 2 saturated heterocycles. The Morgan fingerprint density at radius 2 is 1.43 bits per heavy atom. The molecule has 0 bridgehead atoms. The van der Waals surface area contributed by atoms with E-state index >= 15 is 0 Å². The summed E-state index contributed by atoms with van der Waals surface area (Å²) in [6.45, 7) is 11.4. The van der Waals surface area contributed by atoms with Crippen LogP contribution in [0.15, 0.2) is 0 Å². The van der Waals surface area contributed by atoms with E-state index in [0.29, 0.717) is 50.9 Å². The summed E-state index contributed by atoms with van der Waals surface area (Å²) in [5, 5.41) is 14.7. The van der Waals surface area contributed by atoms with Gasteiger partial charge in [-0.2, -0.15) is 0 Å². The van der Waals surface area contributed by atoms with Gasteiger partial charge in [0.05, 0.1) is 19.6 Å². The van der Waals surface area contributed by atoms with Crippen LogP contribution in [0.2, 0.25) is 0 Å². The summed E-state index contributed by atoms with van der Waals surface area (Å²) in [6.07, 6.45) is 5.16. The molecule has 12 nitrogen and oxygen atoms in total. The van der Waals surface area contributed by atoms with Crippen LogP contribution in [0.3, 0.4) is 0 Å². The van der Waals surface area contributed by atoms with Crippen LogP contribution in [0.25, 0.3) is 0 Å². The Morgan fingerprint density at radius 3 is 1.90 bits per heavy atom. The highest BCUT2D eigenvalue weighted by Crippen LogP contribution is 2.29. The molecular formula is C30H52N4O8. The maximum atomic E-state index is 13.2. The third kappa shape index (κ3) is 13.3. The van der Waals surface area contributed by atoms with Crippen molar-refractivity contribution in [2.75, 3.05) is 39.3 Å². The normalized spacial score (nSPS) is 18.1. The molecule has 0 aromatic heterocycles. The minimum Gasteiger partial charge on any atom is -0.466 e. The number of carboxylic acid groups (broad SMARTS) is 1. The zero-order valence-electron chi connectivity index (χ0n) is 26.1. The van der Waals surface area contributed by atoms with E-state index in [1.165, 1.54) is 4.90 Å². The average molecular weight is 597 g/mol. The third-order valence-corrected chi connectivity index (χ3v) is 7.98. The van der Waals surface area contributed by atoms with Gasteiger partial charge in [-0.3, -0.25) is 14.4 Å². The van der Waals surface area contributed by atoms with Crippen molar-refractivity contribution < 1.29 is 38.6 Å². The molecule has 0 aromatic rings. The number of esters is 1. The molecule has 2 fully saturated rings. The average Bonchev–Trinajstić information content (AvgIpc) is 2.91. The minimum absolute atomic E-state index is 0.0591. The Morgan fingerprint density at radius 1 is 0.905 bits per heavy atom. The quantitative estimate of drug-likeness (QED) is 0.272. The molecule has 2 heterocycles. The van der Waals surface area contributed by atoms with Crippen molar-refractivity contribution in [3.63, 3.8) is 0 Å². The fourth-order valence-corrected chi connectivity index (χ4v) is 5.58. The van der Waals surface area contributed by atoms with E-state index in [0.717, 1.165) is 38.5 Å². The number of likely N-dealkylation sites (tertiary alicyclic amines) is 2. The largest absolute Gasteiger partial charge is 0.466 e. The van der Waals surface area contributed by atoms with Gasteiger partial charge in [0.1, 0.15) is 5.60 Å². The molecule has 0 aromatic carbocycles. The monoisotopic (exact) mass is 596 g/mol. The molecule has 3 N–H and O–H groups in total. The Hall–Kier alpha value is -3.05. The first kappa shape index (κ1) is 35.1. The van der Waals surface area contributed by atoms with E-state index in [1.807, 2.05) is 20.8 Å². The number of ether oxygens (including phenoxy) is 2. The maximum Gasteiger partial charge on any atom is 0.410 e. The van der Waals surface area contributed by atoms with Gasteiger partial charge in [-0.1, -0.05) is 0 Å². The smallest absolute Gasteiger partial charge is 0.410 e. The standard InChI is InChI=1S/C30H52N4O8/c1-6-41-26(36)19-21(2)32-25(35)20-31-27(37)24(9-7-22-11-15-33(16-12-22)28(38)39)10-8-23-13-17-34(18-14-23)29(40)42-30(3,4)5/h21-24H,6-20H2,1-5H3,(H,31,37)(H,32,35)(H,38,39). The summed E-state index contributed by atoms with van der Waals surface area (Å²) in [6, 6.07) is -0.410. The molecule has 0 radical (unpaired) electrons. The second-order valence-electron chi connectivity index (χ2n) is 12.7. The summed E-state index contributed by atoms with van der Waals surface area (Å²) < 4.78 is 10.4. The highest BCUT2D eigenvalue weighted by Gasteiger charge is 2.29. The summed E-state index contributed by atoms with van der Waals surface area (Å²) in [5.41, 5.74) is -0.533. The van der Waals surface area contributed by atoms with Gasteiger partial charge in [-0.15, -0.1) is 0 Å². The van der Waals surface area contributed by atoms with Crippen molar-refractivity contribution in [2.24, 2.45) is 17.8 Å². The SMILES string of the molecule is CCOC(=O)CC(C)NC(=O)CNC(=O)C(CCC1CCN(C(=O)O)CC1)CCC1CCN(C(=O)OC(C)(C)C)CC1. The molecule has 240 valence electrons. The van der Waals surface area contributed by atoms with E-state index in [9.17, 15) is 29.1 Å². The van der Waals surface area contributed by atoms with Crippen molar-refractivity contribution in [1.29, 1.82) is 0 Å². The predicted octanol–water partition coefficient (Wildman–Crippen LogP) is 3.77. The van der Waals surface area contributed by atoms with Crippen molar-refractivity contribution >= 4 is 30.0 Å². The van der Waals surface area contributed by atoms with Gasteiger partial charge in [-0.05, 0) is 97.8 Å². The lowest BCUT2D eigenvalue weighted by atomic mass is 9.84. The molecule has 2 unspecified atom stereocenters. The Balaban J connectivity index is 1.87. The molecule has 2 aliphatic heterocycles. The summed E-state index contributed by atoms with van der Waals surface area (Å²) in [5.74, 6) is -0.437. The Bertz CT molecular complexity index is 905. The first-order valence-corrected chi connectivity index (χ1v) is 15.5. The maximum absolute atomic E-state index is 13.2. The van der Waals surface area contributed by atoms with Gasteiger partial charge in [0, 0.05) is 38.1 Å². The van der Waals surface area contributed by atoms with Crippen molar-refractivity contribution in [3.8, 4) is 0 Å². The molecule has 0 aliphatic carbocycles. The minimum atomic E-state index is -0.890. The first-order valence-electron chi connectivity index (χ1n) is 15.5. The molecular weight excluding hydrogens is 544 g/mol. The van der Waals surface area contributed by atoms with E-state index in [4.69, 9.17) is 9.47 Å². The number of carbonyl (C=O) groups is 5. The van der Waals surface area contributed by atoms with Crippen LogP contribution in [0.1, 0.15) is 92.4 Å². The Kier molecular flexibility index (Phi) is 14.4. The van der Waals surface area contributed by atoms with Gasteiger partial charge in [-0.25, -0.2) is 9.59 Å². The highest BCUT2D eigenvalue weighted by molar-refractivity contribution is 5.86. The van der Waals surface area contributed by atoms with Gasteiger partial charge in [0.15, 0.2) is 0 Å². The van der Waals surface area contributed by atoms with Crippen LogP contribution in [-0.2, 0) is 23.9 Å². The summed E-state index contributed by atoms with van der Waals surface area (Å²) in [7, 11) is 0. The number of nitrogens with zero attached hydrogens (tertiary/aromatic N) is 2. The van der Waals surface area contributed by atoms with Crippen LogP contribution in [-0.4, -0.2) is 95.9 Å². The van der Waals surface area contributed by atoms with Crippen molar-refractivity contribution in [1.82, 2.24) is 20.4 Å². The topological polar surface area (TPSA) is 155 Å². The fourth-order valence-electron chi connectivity index (χ4n) is 5.58. The molecule has 2 rings (SSSR count). The second kappa shape index (κ2) is 17.2. The number of rotatable bonds is 13. The lowest BCUT2D eigenvalue weighted by molar-refractivity contribution is -0.143. The number of nitrogens with one attached hydrogen (secondary N) is 2. The zero-order chi connectivity index (χ0) is 31.3. The van der Waals surface area contributed by atoms with Crippen LogP contribution in [0.5, 0.6) is 0 Å². The second-order valence-corrected chi connectivity index (χ2v) is 12.7. The molecule has 4 amide bonds. The lowest BCUT2D eigenvalue weighted by Gasteiger charge is -2.34. The van der Waals surface area contributed by atoms with Gasteiger partial charge < -0.3 is 35.0 Å². The molecule has 12 heteroatoms. The van der Waals surface area contributed by atoms with E-state index in [2.05, 4.69) is 10.6 Å². The molecule has 2 aliphatic rings. The number of hydrogen-bond acceptors (Lipinski definition) is 7. The fraction of sp³-hybridized carbons (Fsp3) is 0.833. The van der Waals surface area contributed by atoms with Crippen LogP contribution in [0, 0.1) is 17.8 Å². The Labute approximate surface area is 250 Å². The summed E-state index contributed by atoms with van der Waals surface area (Å²) in [4.78, 5) is 64.1. The van der Waals surface area contributed by atoms with E-state index in [-0.39, 0.29) is 49.4 Å². The molecule has 42 heavy (non-hydrogen) atoms. The first-order chi connectivity index (χ1) is 19.8. The molecule has 0 spiro atoms. The number of carbonyl (C=O) groups excluding carboxylic acids is 4. The van der Waals surface area contributed by atoms with E-state index in [1.54, 1.807) is 18.7 Å². The van der Waals surface area contributed by atoms with Gasteiger partial charge >= 0.3 is 18.2 Å². The highest BCUT2D eigenvalue weighted by atomic mass is 16.6. The molecule has 2 atom stereocenters. The lowest BCUT2D eigenvalue weighted by Crippen LogP contribution is -2.43. The number of hydrogen-bond donors (Lipinski definition) is 3. The zero-order valence-corrected chi connectivity index (χ0v) is 26.1. The number of piperidine rings is 2. The third-order valence-electron chi connectivity index (χ3n) is 7.98. The van der Waals surface area contributed by atoms with Gasteiger partial charge in [0.25, 0.3) is 0 Å². The predicted molar refractivity (Wildman–Crippen MR) is 157 cm³/mol. The van der Waals surface area contributed by atoms with Gasteiger partial charge in [0.2, 0.25) is 11.8 Å². The van der Waals surface area contributed by atoms with Crippen LogP contribution < -0.4 is 10.6 Å². The van der Waals surface area contributed by atoms with Crippen molar-refractivity contribution in [3.05, 3.63) is 0 Å². The molecule has 0 saturated carbocycles. The summed E-state index contributed by atoms with van der Waals surface area (Å²) >= 11 is 0.